The molecule has 2 N–H and O–H groups in total. The molecule has 0 amide bonds. The maximum Gasteiger partial charge on any atom is 0.136 e. The van der Waals surface area contributed by atoms with Crippen molar-refractivity contribution in [2.24, 2.45) is 45.8 Å². The minimum absolute atomic E-state index is 0.0818. The summed E-state index contributed by atoms with van der Waals surface area (Å²) in [6.07, 6.45) is 11.5. The molecule has 0 radical (unpaired) electrons. The van der Waals surface area contributed by atoms with Gasteiger partial charge in [0.05, 0.1) is 11.7 Å². The number of ketones is 1. The molecule has 5 fully saturated rings. The molecule has 0 unspecified atom stereocenters. The van der Waals surface area contributed by atoms with Crippen LogP contribution >= 0.6 is 0 Å². The lowest BCUT2D eigenvalue weighted by atomic mass is 9.40. The summed E-state index contributed by atoms with van der Waals surface area (Å²) in [5.41, 5.74) is -0.761. The summed E-state index contributed by atoms with van der Waals surface area (Å²) < 4.78 is 0. The van der Waals surface area contributed by atoms with E-state index in [0.29, 0.717) is 35.9 Å². The van der Waals surface area contributed by atoms with E-state index < -0.39 is 5.60 Å². The van der Waals surface area contributed by atoms with E-state index in [0.717, 1.165) is 38.5 Å². The topological polar surface area (TPSA) is 57.5 Å². The van der Waals surface area contributed by atoms with Crippen LogP contribution in [-0.4, -0.2) is 27.7 Å². The molecule has 3 nitrogen and oxygen atoms in total. The molecule has 164 valence electrons. The predicted molar refractivity (Wildman–Crippen MR) is 114 cm³/mol. The zero-order valence-corrected chi connectivity index (χ0v) is 19.0. The van der Waals surface area contributed by atoms with Crippen molar-refractivity contribution in [1.82, 2.24) is 0 Å². The Bertz CT molecular complexity index is 704. The fourth-order valence-corrected chi connectivity index (χ4v) is 10.5. The molecule has 5 aliphatic rings. The van der Waals surface area contributed by atoms with Gasteiger partial charge in [0.1, 0.15) is 5.78 Å². The summed E-state index contributed by atoms with van der Waals surface area (Å²) in [5, 5.41) is 22.2. The van der Waals surface area contributed by atoms with E-state index in [9.17, 15) is 15.0 Å². The van der Waals surface area contributed by atoms with Crippen LogP contribution in [0, 0.1) is 45.8 Å². The van der Waals surface area contributed by atoms with Crippen LogP contribution in [0.2, 0.25) is 0 Å². The zero-order valence-electron chi connectivity index (χ0n) is 19.0. The molecule has 0 saturated heterocycles. The molecule has 0 aliphatic heterocycles. The van der Waals surface area contributed by atoms with Gasteiger partial charge in [0.15, 0.2) is 0 Å². The quantitative estimate of drug-likeness (QED) is 0.639. The van der Waals surface area contributed by atoms with Crippen molar-refractivity contribution in [3.8, 4) is 0 Å². The van der Waals surface area contributed by atoms with E-state index in [-0.39, 0.29) is 28.3 Å². The Balaban J connectivity index is 1.55. The van der Waals surface area contributed by atoms with Gasteiger partial charge in [-0.2, -0.15) is 0 Å². The predicted octanol–water partition coefficient (Wildman–Crippen LogP) is 5.13. The standard InChI is InChI=1S/C26H42O3/c1-16-13-20-21(24(4)11-8-19(28)15-26(16,24)29)9-12-23(3)22(20)14-18-7-5-6-10-25(18,23)17(2)27/h16,18-22,28-29H,5-15H2,1-4H3/t16-,18+,19-,20-,21+,22+,23+,24-,25-,26+/m1/s1. The van der Waals surface area contributed by atoms with Crippen molar-refractivity contribution in [1.29, 1.82) is 0 Å². The van der Waals surface area contributed by atoms with Crippen molar-refractivity contribution in [3.63, 3.8) is 0 Å². The van der Waals surface area contributed by atoms with Gasteiger partial charge < -0.3 is 10.2 Å². The van der Waals surface area contributed by atoms with Gasteiger partial charge in [0, 0.05) is 11.8 Å². The molecule has 0 aromatic rings. The molecule has 5 saturated carbocycles. The van der Waals surface area contributed by atoms with Crippen LogP contribution in [0.4, 0.5) is 0 Å². The van der Waals surface area contributed by atoms with Crippen LogP contribution in [0.3, 0.4) is 0 Å². The molecular weight excluding hydrogens is 360 g/mol. The molecule has 0 spiro atoms. The maximum atomic E-state index is 13.2. The molecule has 10 atom stereocenters. The maximum absolute atomic E-state index is 13.2. The van der Waals surface area contributed by atoms with Gasteiger partial charge in [-0.1, -0.05) is 33.6 Å². The average Bonchev–Trinajstić information content (AvgIpc) is 2.95. The second-order valence-corrected chi connectivity index (χ2v) is 12.4. The van der Waals surface area contributed by atoms with Gasteiger partial charge in [0.25, 0.3) is 0 Å². The number of rotatable bonds is 1. The third-order valence-electron chi connectivity index (χ3n) is 11.9. The average molecular weight is 403 g/mol. The second kappa shape index (κ2) is 6.31. The van der Waals surface area contributed by atoms with Crippen LogP contribution in [0.1, 0.15) is 98.3 Å². The first-order valence-electron chi connectivity index (χ1n) is 12.5. The fourth-order valence-electron chi connectivity index (χ4n) is 10.5. The Kier molecular flexibility index (Phi) is 4.46. The summed E-state index contributed by atoms with van der Waals surface area (Å²) in [6.45, 7) is 8.96. The summed E-state index contributed by atoms with van der Waals surface area (Å²) >= 11 is 0. The van der Waals surface area contributed by atoms with Gasteiger partial charge in [0.2, 0.25) is 0 Å². The minimum Gasteiger partial charge on any atom is -0.393 e. The summed E-state index contributed by atoms with van der Waals surface area (Å²) in [7, 11) is 0. The highest BCUT2D eigenvalue weighted by atomic mass is 16.3. The molecular formula is C26H42O3. The van der Waals surface area contributed by atoms with E-state index in [1.54, 1.807) is 0 Å². The van der Waals surface area contributed by atoms with Crippen LogP contribution in [0.5, 0.6) is 0 Å². The Hall–Kier alpha value is -0.410. The van der Waals surface area contributed by atoms with E-state index in [2.05, 4.69) is 20.8 Å². The molecule has 3 heteroatoms. The summed E-state index contributed by atoms with van der Waals surface area (Å²) in [5.74, 6) is 3.08. The number of aliphatic hydroxyl groups excluding tert-OH is 1. The first-order chi connectivity index (χ1) is 13.6. The Morgan fingerprint density at radius 3 is 2.38 bits per heavy atom. The number of carbonyl (C=O) groups excluding carboxylic acids is 1. The zero-order chi connectivity index (χ0) is 20.8. The van der Waals surface area contributed by atoms with E-state index in [1.807, 2.05) is 6.92 Å². The third-order valence-corrected chi connectivity index (χ3v) is 11.9. The van der Waals surface area contributed by atoms with Gasteiger partial charge >= 0.3 is 0 Å². The first kappa shape index (κ1) is 20.5. The summed E-state index contributed by atoms with van der Waals surface area (Å²) in [4.78, 5) is 13.2. The lowest BCUT2D eigenvalue weighted by Gasteiger charge is -2.66. The van der Waals surface area contributed by atoms with Crippen molar-refractivity contribution < 1.29 is 15.0 Å². The normalized spacial score (nSPS) is 59.2. The number of carbonyl (C=O) groups is 1. The highest BCUT2D eigenvalue weighted by molar-refractivity contribution is 5.84. The third kappa shape index (κ3) is 2.30. The van der Waals surface area contributed by atoms with Crippen molar-refractivity contribution in [2.75, 3.05) is 0 Å². The van der Waals surface area contributed by atoms with Gasteiger partial charge in [-0.3, -0.25) is 4.79 Å². The largest absolute Gasteiger partial charge is 0.393 e. The van der Waals surface area contributed by atoms with Gasteiger partial charge in [-0.05, 0) is 98.7 Å². The molecule has 0 aromatic heterocycles. The molecule has 0 aromatic carbocycles. The van der Waals surface area contributed by atoms with Crippen LogP contribution in [-0.2, 0) is 4.79 Å². The lowest BCUT2D eigenvalue weighted by molar-refractivity contribution is -0.246. The minimum atomic E-state index is -0.733. The van der Waals surface area contributed by atoms with Crippen molar-refractivity contribution in [3.05, 3.63) is 0 Å². The Morgan fingerprint density at radius 2 is 1.66 bits per heavy atom. The molecule has 5 rings (SSSR count). The van der Waals surface area contributed by atoms with Crippen LogP contribution in [0.15, 0.2) is 0 Å². The van der Waals surface area contributed by atoms with Crippen molar-refractivity contribution in [2.45, 2.75) is 110 Å². The highest BCUT2D eigenvalue weighted by Crippen LogP contribution is 2.75. The monoisotopic (exact) mass is 402 g/mol. The smallest absolute Gasteiger partial charge is 0.136 e. The lowest BCUT2D eigenvalue weighted by Crippen LogP contribution is -2.66. The number of aliphatic hydroxyl groups is 2. The van der Waals surface area contributed by atoms with E-state index >= 15 is 0 Å². The highest BCUT2D eigenvalue weighted by Gasteiger charge is 2.71. The van der Waals surface area contributed by atoms with Crippen LogP contribution in [0.25, 0.3) is 0 Å². The number of Topliss-reactive ketones (excluding diaryl/α,β-unsaturated/α-hetero) is 1. The van der Waals surface area contributed by atoms with Gasteiger partial charge in [-0.15, -0.1) is 0 Å². The van der Waals surface area contributed by atoms with E-state index in [1.165, 1.54) is 25.7 Å². The molecule has 0 bridgehead atoms. The molecule has 5 aliphatic carbocycles. The number of fused-ring (bicyclic) bond motifs is 7. The van der Waals surface area contributed by atoms with E-state index in [4.69, 9.17) is 0 Å². The second-order valence-electron chi connectivity index (χ2n) is 12.4. The van der Waals surface area contributed by atoms with Crippen LogP contribution < -0.4 is 0 Å². The number of hydrogen-bond donors (Lipinski definition) is 2. The summed E-state index contributed by atoms with van der Waals surface area (Å²) in [6, 6.07) is 0. The fraction of sp³-hybridized carbons (Fsp3) is 0.962. The first-order valence-corrected chi connectivity index (χ1v) is 12.5. The van der Waals surface area contributed by atoms with Gasteiger partial charge in [-0.25, -0.2) is 0 Å². The Morgan fingerprint density at radius 1 is 0.931 bits per heavy atom. The molecule has 29 heavy (non-hydrogen) atoms. The SMILES string of the molecule is CC(=O)[C@]12CCCC[C@H]1C[C@H]1[C@@H]3C[C@@H](C)[C@@]4(O)C[C@H](O)CC[C@]4(C)[C@H]3CC[C@@]12C. The molecule has 0 heterocycles. The van der Waals surface area contributed by atoms with Crippen molar-refractivity contribution >= 4 is 5.78 Å². The number of hydrogen-bond acceptors (Lipinski definition) is 3. The Labute approximate surface area is 177 Å².